The molecule has 1 spiro atoms. The molecular weight excluding hydrogens is 476 g/mol. The van der Waals surface area contributed by atoms with Gasteiger partial charge in [0.05, 0.1) is 12.1 Å². The molecule has 202 valence electrons. The van der Waals surface area contributed by atoms with E-state index in [1.165, 1.54) is 19.1 Å². The SMILES string of the molecule is CC(=O)N[C@H](Cc1cccc(F)c1F)[C@H](O)CN[C@H]1CC2(CC(C)C2)Oc2ncc(CC(C)(C)C)cc21. The van der Waals surface area contributed by atoms with Crippen LogP contribution < -0.4 is 15.4 Å². The van der Waals surface area contributed by atoms with E-state index in [0.717, 1.165) is 42.9 Å². The van der Waals surface area contributed by atoms with Crippen molar-refractivity contribution in [1.82, 2.24) is 15.6 Å². The zero-order valence-corrected chi connectivity index (χ0v) is 22.4. The highest BCUT2D eigenvalue weighted by atomic mass is 19.2. The van der Waals surface area contributed by atoms with Gasteiger partial charge in [0.1, 0.15) is 5.60 Å². The number of ether oxygens (including phenoxy) is 1. The second-order valence-electron chi connectivity index (χ2n) is 12.2. The molecule has 2 aromatic rings. The molecule has 37 heavy (non-hydrogen) atoms. The van der Waals surface area contributed by atoms with Gasteiger partial charge in [0.2, 0.25) is 11.8 Å². The fraction of sp³-hybridized carbons (Fsp3) is 0.586. The van der Waals surface area contributed by atoms with Gasteiger partial charge in [-0.3, -0.25) is 4.79 Å². The quantitative estimate of drug-likeness (QED) is 0.477. The molecule has 0 saturated heterocycles. The lowest BCUT2D eigenvalue weighted by molar-refractivity contribution is -0.120. The molecular formula is C29H39F2N3O3. The number of aliphatic hydroxyl groups is 1. The van der Waals surface area contributed by atoms with E-state index < -0.39 is 23.8 Å². The first kappa shape index (κ1) is 27.5. The maximum Gasteiger partial charge on any atom is 0.218 e. The molecule has 0 bridgehead atoms. The van der Waals surface area contributed by atoms with Crippen molar-refractivity contribution < 1.29 is 23.4 Å². The summed E-state index contributed by atoms with van der Waals surface area (Å²) in [6.45, 7) is 10.3. The molecule has 2 aliphatic rings. The van der Waals surface area contributed by atoms with Gasteiger partial charge in [-0.1, -0.05) is 39.8 Å². The van der Waals surface area contributed by atoms with E-state index in [2.05, 4.69) is 49.4 Å². The summed E-state index contributed by atoms with van der Waals surface area (Å²) in [6.07, 6.45) is 4.35. The highest BCUT2D eigenvalue weighted by Crippen LogP contribution is 2.50. The standard InChI is InChI=1S/C29H39F2N3O3/c1-17-11-29(12-17)14-24(21-9-19(13-28(3,4)5)15-33-27(21)37-29)32-16-25(36)23(34-18(2)35)10-20-7-6-8-22(30)26(20)31/h6-9,15,17,23-25,32,36H,10-14,16H2,1-5H3,(H,34,35)/t17?,23-,24+,25-,29?/m1/s1. The van der Waals surface area contributed by atoms with Crippen LogP contribution in [0.5, 0.6) is 5.88 Å². The predicted octanol–water partition coefficient (Wildman–Crippen LogP) is 4.64. The zero-order chi connectivity index (χ0) is 27.0. The van der Waals surface area contributed by atoms with Crippen molar-refractivity contribution in [3.05, 3.63) is 58.8 Å². The van der Waals surface area contributed by atoms with Crippen molar-refractivity contribution in [3.8, 4) is 5.88 Å². The number of rotatable bonds is 8. The van der Waals surface area contributed by atoms with Crippen molar-refractivity contribution in [2.24, 2.45) is 11.3 Å². The Morgan fingerprint density at radius 3 is 2.65 bits per heavy atom. The van der Waals surface area contributed by atoms with Crippen LogP contribution in [0.15, 0.2) is 30.5 Å². The van der Waals surface area contributed by atoms with Gasteiger partial charge in [0.15, 0.2) is 11.6 Å². The zero-order valence-electron chi connectivity index (χ0n) is 22.4. The molecule has 1 amide bonds. The number of hydrogen-bond acceptors (Lipinski definition) is 5. The Hall–Kier alpha value is -2.58. The summed E-state index contributed by atoms with van der Waals surface area (Å²) >= 11 is 0. The lowest BCUT2D eigenvalue weighted by Gasteiger charge is -2.50. The van der Waals surface area contributed by atoms with E-state index in [9.17, 15) is 18.7 Å². The van der Waals surface area contributed by atoms with E-state index in [1.54, 1.807) is 0 Å². The van der Waals surface area contributed by atoms with Gasteiger partial charge in [0.25, 0.3) is 0 Å². The Kier molecular flexibility index (Phi) is 7.91. The third-order valence-electron chi connectivity index (χ3n) is 7.27. The molecule has 3 N–H and O–H groups in total. The molecule has 8 heteroatoms. The second-order valence-corrected chi connectivity index (χ2v) is 12.2. The summed E-state index contributed by atoms with van der Waals surface area (Å²) in [7, 11) is 0. The van der Waals surface area contributed by atoms with Gasteiger partial charge in [0, 0.05) is 37.7 Å². The molecule has 1 fully saturated rings. The van der Waals surface area contributed by atoms with Crippen LogP contribution in [0.3, 0.4) is 0 Å². The van der Waals surface area contributed by atoms with Gasteiger partial charge in [-0.15, -0.1) is 0 Å². The maximum absolute atomic E-state index is 14.3. The molecule has 0 radical (unpaired) electrons. The Labute approximate surface area is 218 Å². The van der Waals surface area contributed by atoms with E-state index in [4.69, 9.17) is 4.74 Å². The predicted molar refractivity (Wildman–Crippen MR) is 138 cm³/mol. The smallest absolute Gasteiger partial charge is 0.218 e. The summed E-state index contributed by atoms with van der Waals surface area (Å²) in [5.41, 5.74) is 2.03. The van der Waals surface area contributed by atoms with Crippen LogP contribution in [0.2, 0.25) is 0 Å². The summed E-state index contributed by atoms with van der Waals surface area (Å²) in [5.74, 6) is -1.06. The Balaban J connectivity index is 1.53. The number of carbonyl (C=O) groups excluding carboxylic acids is 1. The summed E-state index contributed by atoms with van der Waals surface area (Å²) in [4.78, 5) is 16.5. The molecule has 1 aromatic carbocycles. The average molecular weight is 516 g/mol. The number of pyridine rings is 1. The third kappa shape index (κ3) is 6.65. The van der Waals surface area contributed by atoms with Crippen LogP contribution in [-0.4, -0.2) is 40.3 Å². The second kappa shape index (κ2) is 10.7. The average Bonchev–Trinajstić information content (AvgIpc) is 2.78. The van der Waals surface area contributed by atoms with Crippen LogP contribution in [0.1, 0.15) is 76.6 Å². The summed E-state index contributed by atoms with van der Waals surface area (Å²) < 4.78 is 34.5. The monoisotopic (exact) mass is 515 g/mol. The van der Waals surface area contributed by atoms with Gasteiger partial charge < -0.3 is 20.5 Å². The number of nitrogens with one attached hydrogen (secondary N) is 2. The van der Waals surface area contributed by atoms with Crippen molar-refractivity contribution in [1.29, 1.82) is 0 Å². The number of carbonyl (C=O) groups is 1. The first-order chi connectivity index (χ1) is 17.3. The highest BCUT2D eigenvalue weighted by Gasteiger charge is 2.49. The molecule has 4 rings (SSSR count). The van der Waals surface area contributed by atoms with Crippen molar-refractivity contribution in [2.45, 2.75) is 90.5 Å². The number of aromatic nitrogens is 1. The van der Waals surface area contributed by atoms with Gasteiger partial charge >= 0.3 is 0 Å². The number of aliphatic hydroxyl groups excluding tert-OH is 1. The summed E-state index contributed by atoms with van der Waals surface area (Å²) in [5, 5.41) is 17.3. The largest absolute Gasteiger partial charge is 0.471 e. The van der Waals surface area contributed by atoms with Crippen molar-refractivity contribution >= 4 is 5.91 Å². The molecule has 3 atom stereocenters. The molecule has 1 aliphatic heterocycles. The molecule has 1 aliphatic carbocycles. The first-order valence-electron chi connectivity index (χ1n) is 13.1. The molecule has 1 saturated carbocycles. The number of benzene rings is 1. The van der Waals surface area contributed by atoms with Crippen LogP contribution in [0.4, 0.5) is 8.78 Å². The minimum absolute atomic E-state index is 0.0326. The van der Waals surface area contributed by atoms with E-state index in [1.807, 2.05) is 6.20 Å². The summed E-state index contributed by atoms with van der Waals surface area (Å²) in [6, 6.07) is 5.19. The first-order valence-corrected chi connectivity index (χ1v) is 13.1. The van der Waals surface area contributed by atoms with Crippen molar-refractivity contribution in [2.75, 3.05) is 6.54 Å². The molecule has 1 aromatic heterocycles. The Bertz CT molecular complexity index is 1130. The fourth-order valence-electron chi connectivity index (χ4n) is 5.82. The van der Waals surface area contributed by atoms with Gasteiger partial charge in [-0.05, 0) is 60.3 Å². The number of hydrogen-bond donors (Lipinski definition) is 3. The Morgan fingerprint density at radius 2 is 2.00 bits per heavy atom. The molecule has 0 unspecified atom stereocenters. The van der Waals surface area contributed by atoms with Crippen LogP contribution in [0, 0.1) is 23.0 Å². The Morgan fingerprint density at radius 1 is 1.27 bits per heavy atom. The van der Waals surface area contributed by atoms with Gasteiger partial charge in [-0.2, -0.15) is 0 Å². The van der Waals surface area contributed by atoms with E-state index in [0.29, 0.717) is 11.8 Å². The molecule has 2 heterocycles. The number of fused-ring (bicyclic) bond motifs is 1. The van der Waals surface area contributed by atoms with Crippen LogP contribution in [-0.2, 0) is 17.6 Å². The van der Waals surface area contributed by atoms with Crippen LogP contribution in [0.25, 0.3) is 0 Å². The number of amides is 1. The fourth-order valence-corrected chi connectivity index (χ4v) is 5.82. The van der Waals surface area contributed by atoms with E-state index >= 15 is 0 Å². The highest BCUT2D eigenvalue weighted by molar-refractivity contribution is 5.73. The molecule has 6 nitrogen and oxygen atoms in total. The minimum Gasteiger partial charge on any atom is -0.471 e. The third-order valence-corrected chi connectivity index (χ3v) is 7.27. The normalized spacial score (nSPS) is 24.5. The lowest BCUT2D eigenvalue weighted by atomic mass is 9.67. The maximum atomic E-state index is 14.3. The lowest BCUT2D eigenvalue weighted by Crippen LogP contribution is -2.54. The topological polar surface area (TPSA) is 83.5 Å². The number of halogens is 2. The van der Waals surface area contributed by atoms with Crippen molar-refractivity contribution in [3.63, 3.8) is 0 Å². The van der Waals surface area contributed by atoms with E-state index in [-0.39, 0.29) is 41.5 Å². The number of nitrogens with zero attached hydrogens (tertiary/aromatic N) is 1. The van der Waals surface area contributed by atoms with Crippen LogP contribution >= 0.6 is 0 Å². The minimum atomic E-state index is -1.03. The van der Waals surface area contributed by atoms with Gasteiger partial charge in [-0.25, -0.2) is 13.8 Å².